The molecule has 0 bridgehead atoms. The Hall–Kier alpha value is -0.770. The first-order valence-corrected chi connectivity index (χ1v) is 6.81. The maximum Gasteiger partial charge on any atom is 0.410 e. The lowest BCUT2D eigenvalue weighted by Gasteiger charge is -2.44. The van der Waals surface area contributed by atoms with Gasteiger partial charge >= 0.3 is 6.09 Å². The Morgan fingerprint density at radius 1 is 1.33 bits per heavy atom. The van der Waals surface area contributed by atoms with Gasteiger partial charge in [0.15, 0.2) is 0 Å². The summed E-state index contributed by atoms with van der Waals surface area (Å²) in [5.74, 6) is 0.315. The zero-order valence-corrected chi connectivity index (χ0v) is 12.4. The molecule has 1 rings (SSSR count). The standard InChI is InChI=1S/C14H27NO3/c1-9(2)12-8-11(16)7-10(3)15(12)13(17)18-14(4,5)6/h9-12,16H,7-8H2,1-6H3. The van der Waals surface area contributed by atoms with E-state index in [0.29, 0.717) is 18.8 Å². The van der Waals surface area contributed by atoms with E-state index in [1.54, 1.807) is 0 Å². The second-order valence-electron chi connectivity index (χ2n) is 6.67. The summed E-state index contributed by atoms with van der Waals surface area (Å²) < 4.78 is 5.47. The molecule has 1 aliphatic heterocycles. The van der Waals surface area contributed by atoms with Crippen molar-refractivity contribution in [2.75, 3.05) is 0 Å². The van der Waals surface area contributed by atoms with Gasteiger partial charge in [0.05, 0.1) is 6.10 Å². The van der Waals surface area contributed by atoms with Crippen molar-refractivity contribution in [2.24, 2.45) is 5.92 Å². The predicted molar refractivity (Wildman–Crippen MR) is 71.4 cm³/mol. The minimum Gasteiger partial charge on any atom is -0.444 e. The molecule has 1 saturated heterocycles. The predicted octanol–water partition coefficient (Wildman–Crippen LogP) is 2.79. The Bertz CT molecular complexity index is 296. The highest BCUT2D eigenvalue weighted by Gasteiger charge is 2.39. The summed E-state index contributed by atoms with van der Waals surface area (Å²) in [6.07, 6.45) is 0.690. The van der Waals surface area contributed by atoms with Crippen LogP contribution in [0.2, 0.25) is 0 Å². The minimum atomic E-state index is -0.478. The second-order valence-corrected chi connectivity index (χ2v) is 6.67. The van der Waals surface area contributed by atoms with Crippen molar-refractivity contribution in [3.63, 3.8) is 0 Å². The second kappa shape index (κ2) is 5.47. The summed E-state index contributed by atoms with van der Waals surface area (Å²) >= 11 is 0. The van der Waals surface area contributed by atoms with Crippen molar-refractivity contribution in [1.29, 1.82) is 0 Å². The third-order valence-corrected chi connectivity index (χ3v) is 3.33. The van der Waals surface area contributed by atoms with Crippen LogP contribution in [-0.2, 0) is 4.74 Å². The summed E-state index contributed by atoms with van der Waals surface area (Å²) in [6, 6.07) is 0.0783. The van der Waals surface area contributed by atoms with E-state index in [4.69, 9.17) is 4.74 Å². The van der Waals surface area contributed by atoms with Gasteiger partial charge in [-0.1, -0.05) is 13.8 Å². The van der Waals surface area contributed by atoms with Crippen LogP contribution in [0.5, 0.6) is 0 Å². The van der Waals surface area contributed by atoms with Gasteiger partial charge in [0, 0.05) is 12.1 Å². The number of ether oxygens (including phenoxy) is 1. The van der Waals surface area contributed by atoms with E-state index in [9.17, 15) is 9.90 Å². The van der Waals surface area contributed by atoms with Gasteiger partial charge < -0.3 is 14.7 Å². The quantitative estimate of drug-likeness (QED) is 0.786. The maximum atomic E-state index is 12.3. The number of aliphatic hydroxyl groups excluding tert-OH is 1. The number of carbonyl (C=O) groups excluding carboxylic acids is 1. The van der Waals surface area contributed by atoms with E-state index in [-0.39, 0.29) is 24.3 Å². The Morgan fingerprint density at radius 2 is 1.89 bits per heavy atom. The zero-order valence-electron chi connectivity index (χ0n) is 12.4. The highest BCUT2D eigenvalue weighted by Crippen LogP contribution is 2.29. The van der Waals surface area contributed by atoms with Crippen molar-refractivity contribution in [2.45, 2.75) is 78.2 Å². The van der Waals surface area contributed by atoms with E-state index in [1.165, 1.54) is 0 Å². The van der Waals surface area contributed by atoms with Crippen LogP contribution in [0.25, 0.3) is 0 Å². The monoisotopic (exact) mass is 257 g/mol. The SMILES string of the molecule is CC(C)C1CC(O)CC(C)N1C(=O)OC(C)(C)C. The van der Waals surface area contributed by atoms with Crippen LogP contribution in [0.15, 0.2) is 0 Å². The van der Waals surface area contributed by atoms with Crippen LogP contribution in [0.1, 0.15) is 54.4 Å². The van der Waals surface area contributed by atoms with E-state index in [1.807, 2.05) is 32.6 Å². The molecule has 0 radical (unpaired) electrons. The third kappa shape index (κ3) is 3.87. The summed E-state index contributed by atoms with van der Waals surface area (Å²) in [6.45, 7) is 11.7. The number of nitrogens with zero attached hydrogens (tertiary/aromatic N) is 1. The highest BCUT2D eigenvalue weighted by molar-refractivity contribution is 5.69. The normalized spacial score (nSPS) is 29.6. The zero-order chi connectivity index (χ0) is 14.1. The molecule has 1 amide bonds. The number of amides is 1. The molecule has 0 spiro atoms. The summed E-state index contributed by atoms with van der Waals surface area (Å²) in [7, 11) is 0. The number of piperidine rings is 1. The van der Waals surface area contributed by atoms with Crippen LogP contribution in [0.4, 0.5) is 4.79 Å². The topological polar surface area (TPSA) is 49.8 Å². The van der Waals surface area contributed by atoms with Crippen LogP contribution in [0.3, 0.4) is 0 Å². The van der Waals surface area contributed by atoms with Gasteiger partial charge in [0.2, 0.25) is 0 Å². The number of hydrogen-bond acceptors (Lipinski definition) is 3. The van der Waals surface area contributed by atoms with Crippen molar-refractivity contribution in [3.05, 3.63) is 0 Å². The molecule has 1 fully saturated rings. The average Bonchev–Trinajstić information content (AvgIpc) is 2.12. The first kappa shape index (κ1) is 15.3. The first-order valence-electron chi connectivity index (χ1n) is 6.81. The molecular weight excluding hydrogens is 230 g/mol. The fourth-order valence-corrected chi connectivity index (χ4v) is 2.55. The molecule has 4 nitrogen and oxygen atoms in total. The largest absolute Gasteiger partial charge is 0.444 e. The summed E-state index contributed by atoms with van der Waals surface area (Å²) in [5.41, 5.74) is -0.478. The Labute approximate surface area is 110 Å². The van der Waals surface area contributed by atoms with Gasteiger partial charge in [-0.2, -0.15) is 0 Å². The van der Waals surface area contributed by atoms with Crippen LogP contribution >= 0.6 is 0 Å². The summed E-state index contributed by atoms with van der Waals surface area (Å²) in [5, 5.41) is 9.85. The van der Waals surface area contributed by atoms with Gasteiger partial charge in [0.1, 0.15) is 5.60 Å². The molecule has 0 aromatic rings. The van der Waals surface area contributed by atoms with Gasteiger partial charge in [-0.05, 0) is 46.5 Å². The molecule has 106 valence electrons. The molecule has 1 aliphatic rings. The molecule has 0 aliphatic carbocycles. The summed E-state index contributed by atoms with van der Waals surface area (Å²) in [4.78, 5) is 14.1. The fraction of sp³-hybridized carbons (Fsp3) is 0.929. The smallest absolute Gasteiger partial charge is 0.410 e. The highest BCUT2D eigenvalue weighted by atomic mass is 16.6. The Kier molecular flexibility index (Phi) is 4.65. The van der Waals surface area contributed by atoms with Crippen molar-refractivity contribution in [3.8, 4) is 0 Å². The maximum absolute atomic E-state index is 12.3. The van der Waals surface area contributed by atoms with E-state index < -0.39 is 5.60 Å². The average molecular weight is 257 g/mol. The molecule has 1 heterocycles. The lowest BCUT2D eigenvalue weighted by molar-refractivity contribution is -0.0356. The third-order valence-electron chi connectivity index (χ3n) is 3.33. The molecule has 4 heteroatoms. The van der Waals surface area contributed by atoms with E-state index in [0.717, 1.165) is 0 Å². The Morgan fingerprint density at radius 3 is 2.33 bits per heavy atom. The molecule has 1 N–H and O–H groups in total. The molecule has 3 unspecified atom stereocenters. The fourth-order valence-electron chi connectivity index (χ4n) is 2.55. The number of carbonyl (C=O) groups is 1. The lowest BCUT2D eigenvalue weighted by Crippen LogP contribution is -2.55. The molecule has 0 aromatic carbocycles. The van der Waals surface area contributed by atoms with Crippen molar-refractivity contribution in [1.82, 2.24) is 4.90 Å². The minimum absolute atomic E-state index is 0.0241. The lowest BCUT2D eigenvalue weighted by atomic mass is 9.88. The number of rotatable bonds is 1. The first-order chi connectivity index (χ1) is 8.11. The van der Waals surface area contributed by atoms with Gasteiger partial charge in [-0.15, -0.1) is 0 Å². The van der Waals surface area contributed by atoms with Crippen molar-refractivity contribution >= 4 is 6.09 Å². The molecular formula is C14H27NO3. The number of likely N-dealkylation sites (tertiary alicyclic amines) is 1. The Balaban J connectivity index is 2.84. The molecule has 18 heavy (non-hydrogen) atoms. The van der Waals surface area contributed by atoms with Gasteiger partial charge in [-0.25, -0.2) is 4.79 Å². The number of hydrogen-bond donors (Lipinski definition) is 1. The molecule has 0 saturated carbocycles. The number of aliphatic hydroxyl groups is 1. The van der Waals surface area contributed by atoms with E-state index >= 15 is 0 Å². The van der Waals surface area contributed by atoms with Gasteiger partial charge in [0.25, 0.3) is 0 Å². The molecule has 0 aromatic heterocycles. The van der Waals surface area contributed by atoms with E-state index in [2.05, 4.69) is 13.8 Å². The van der Waals surface area contributed by atoms with Crippen LogP contribution in [-0.4, -0.2) is 39.9 Å². The van der Waals surface area contributed by atoms with Crippen molar-refractivity contribution < 1.29 is 14.6 Å². The van der Waals surface area contributed by atoms with Gasteiger partial charge in [-0.3, -0.25) is 0 Å². The van der Waals surface area contributed by atoms with Crippen LogP contribution in [0, 0.1) is 5.92 Å². The van der Waals surface area contributed by atoms with Crippen LogP contribution < -0.4 is 0 Å². The molecule has 3 atom stereocenters.